The van der Waals surface area contributed by atoms with Crippen LogP contribution in [0.15, 0.2) is 41.5 Å². The molecule has 0 radical (unpaired) electrons. The third-order valence-corrected chi connectivity index (χ3v) is 3.34. The van der Waals surface area contributed by atoms with Gasteiger partial charge in [0.15, 0.2) is 0 Å². The highest BCUT2D eigenvalue weighted by Crippen LogP contribution is 2.29. The van der Waals surface area contributed by atoms with Gasteiger partial charge in [-0.15, -0.1) is 0 Å². The summed E-state index contributed by atoms with van der Waals surface area (Å²) in [7, 11) is 0. The zero-order chi connectivity index (χ0) is 16.8. The summed E-state index contributed by atoms with van der Waals surface area (Å²) in [4.78, 5) is 12.0. The Morgan fingerprint density at radius 2 is 2.13 bits per heavy atom. The first-order chi connectivity index (χ1) is 11.0. The van der Waals surface area contributed by atoms with Gasteiger partial charge in [0.25, 0.3) is 5.91 Å². The maximum Gasteiger partial charge on any atom is 0.271 e. The molecule has 0 fully saturated rings. The van der Waals surface area contributed by atoms with E-state index >= 15 is 0 Å². The number of ether oxygens (including phenoxy) is 1. The van der Waals surface area contributed by atoms with Gasteiger partial charge >= 0.3 is 0 Å². The van der Waals surface area contributed by atoms with Gasteiger partial charge in [-0.05, 0) is 37.3 Å². The monoisotopic (exact) mass is 352 g/mol. The number of nitrogens with zero attached hydrogens (tertiary/aromatic N) is 1. The van der Waals surface area contributed by atoms with Gasteiger partial charge < -0.3 is 9.84 Å². The average Bonchev–Trinajstić information content (AvgIpc) is 2.52. The van der Waals surface area contributed by atoms with Crippen molar-refractivity contribution < 1.29 is 14.6 Å². The summed E-state index contributed by atoms with van der Waals surface area (Å²) in [5, 5.41) is 14.0. The summed E-state index contributed by atoms with van der Waals surface area (Å²) in [5.41, 5.74) is 3.06. The van der Waals surface area contributed by atoms with Crippen molar-refractivity contribution in [2.24, 2.45) is 5.10 Å². The molecule has 0 aliphatic rings. The second kappa shape index (κ2) is 7.85. The number of hydrogen-bond acceptors (Lipinski definition) is 4. The normalized spacial score (nSPS) is 10.7. The minimum absolute atomic E-state index is 0.106. The molecular formula is C16H14Cl2N2O3. The maximum atomic E-state index is 12.0. The Kier molecular flexibility index (Phi) is 5.84. The van der Waals surface area contributed by atoms with Crippen LogP contribution in [0.5, 0.6) is 11.5 Å². The minimum atomic E-state index is -0.407. The van der Waals surface area contributed by atoms with Gasteiger partial charge in [0, 0.05) is 16.1 Å². The topological polar surface area (TPSA) is 70.9 Å². The van der Waals surface area contributed by atoms with E-state index in [0.29, 0.717) is 28.5 Å². The fourth-order valence-electron chi connectivity index (χ4n) is 1.80. The van der Waals surface area contributed by atoms with E-state index in [1.54, 1.807) is 24.3 Å². The zero-order valence-corrected chi connectivity index (χ0v) is 13.7. The second-order valence-corrected chi connectivity index (χ2v) is 5.33. The van der Waals surface area contributed by atoms with E-state index in [-0.39, 0.29) is 10.8 Å². The molecule has 0 unspecified atom stereocenters. The first-order valence-electron chi connectivity index (χ1n) is 6.75. The Labute approximate surface area is 143 Å². The van der Waals surface area contributed by atoms with E-state index in [2.05, 4.69) is 10.5 Å². The first kappa shape index (κ1) is 17.1. The second-order valence-electron chi connectivity index (χ2n) is 4.49. The Morgan fingerprint density at radius 1 is 1.35 bits per heavy atom. The zero-order valence-electron chi connectivity index (χ0n) is 12.2. The van der Waals surface area contributed by atoms with Crippen LogP contribution in [0.4, 0.5) is 0 Å². The van der Waals surface area contributed by atoms with Crippen LogP contribution in [-0.4, -0.2) is 23.8 Å². The van der Waals surface area contributed by atoms with Crippen LogP contribution in [0, 0.1) is 0 Å². The Bertz CT molecular complexity index is 748. The lowest BCUT2D eigenvalue weighted by molar-refractivity contribution is 0.0954. The Morgan fingerprint density at radius 3 is 2.87 bits per heavy atom. The van der Waals surface area contributed by atoms with E-state index in [0.717, 1.165) is 0 Å². The molecule has 7 heteroatoms. The number of phenols is 1. The number of halogens is 2. The van der Waals surface area contributed by atoms with Gasteiger partial charge in [-0.2, -0.15) is 5.10 Å². The summed E-state index contributed by atoms with van der Waals surface area (Å²) < 4.78 is 5.33. The van der Waals surface area contributed by atoms with Gasteiger partial charge in [0.1, 0.15) is 11.5 Å². The molecule has 0 heterocycles. The van der Waals surface area contributed by atoms with Crippen molar-refractivity contribution in [1.82, 2.24) is 5.43 Å². The molecule has 2 aromatic rings. The lowest BCUT2D eigenvalue weighted by Gasteiger charge is -2.05. The highest BCUT2D eigenvalue weighted by atomic mass is 35.5. The molecule has 1 amide bonds. The predicted octanol–water partition coefficient (Wildman–Crippen LogP) is 3.86. The van der Waals surface area contributed by atoms with Crippen molar-refractivity contribution >= 4 is 35.3 Å². The molecule has 2 N–H and O–H groups in total. The van der Waals surface area contributed by atoms with E-state index < -0.39 is 5.91 Å². The van der Waals surface area contributed by atoms with Crippen molar-refractivity contribution in [3.05, 3.63) is 57.6 Å². The van der Waals surface area contributed by atoms with Crippen LogP contribution in [0.3, 0.4) is 0 Å². The summed E-state index contributed by atoms with van der Waals surface area (Å²) in [6.45, 7) is 2.37. The number of nitrogens with one attached hydrogen (secondary N) is 1. The van der Waals surface area contributed by atoms with Crippen LogP contribution in [0.2, 0.25) is 10.0 Å². The molecule has 5 nitrogen and oxygen atoms in total. The van der Waals surface area contributed by atoms with Crippen LogP contribution in [0.1, 0.15) is 22.8 Å². The number of carbonyl (C=O) groups is 1. The molecule has 2 aromatic carbocycles. The number of phenolic OH excluding ortho intramolecular Hbond substituents is 1. The fraction of sp³-hybridized carbons (Fsp3) is 0.125. The van der Waals surface area contributed by atoms with E-state index in [1.807, 2.05) is 6.92 Å². The molecule has 0 aliphatic carbocycles. The smallest absolute Gasteiger partial charge is 0.271 e. The van der Waals surface area contributed by atoms with Crippen LogP contribution in [0.25, 0.3) is 0 Å². The highest BCUT2D eigenvalue weighted by Gasteiger charge is 2.07. The van der Waals surface area contributed by atoms with Crippen molar-refractivity contribution in [2.75, 3.05) is 6.61 Å². The molecule has 120 valence electrons. The first-order valence-corrected chi connectivity index (χ1v) is 7.51. The molecule has 0 spiro atoms. The molecule has 0 aromatic heterocycles. The van der Waals surface area contributed by atoms with Crippen molar-refractivity contribution in [3.8, 4) is 11.5 Å². The molecule has 0 aliphatic heterocycles. The molecule has 23 heavy (non-hydrogen) atoms. The Balaban J connectivity index is 2.08. The largest absolute Gasteiger partial charge is 0.506 e. The molecule has 0 atom stereocenters. The molecule has 0 saturated carbocycles. The number of benzene rings is 2. The number of aromatic hydroxyl groups is 1. The van der Waals surface area contributed by atoms with Crippen molar-refractivity contribution in [1.29, 1.82) is 0 Å². The number of hydrazone groups is 1. The summed E-state index contributed by atoms with van der Waals surface area (Å²) in [6.07, 6.45) is 1.26. The summed E-state index contributed by atoms with van der Waals surface area (Å²) in [5.74, 6) is 0.0335. The number of hydrogen-bond donors (Lipinski definition) is 2. The highest BCUT2D eigenvalue weighted by molar-refractivity contribution is 6.36. The van der Waals surface area contributed by atoms with E-state index in [1.165, 1.54) is 18.3 Å². The third-order valence-electron chi connectivity index (χ3n) is 2.83. The molecular weight excluding hydrogens is 339 g/mol. The average molecular weight is 353 g/mol. The van der Waals surface area contributed by atoms with Gasteiger partial charge in [-0.1, -0.05) is 29.3 Å². The van der Waals surface area contributed by atoms with Crippen molar-refractivity contribution in [3.63, 3.8) is 0 Å². The van der Waals surface area contributed by atoms with Crippen LogP contribution >= 0.6 is 23.2 Å². The molecule has 0 saturated heterocycles. The minimum Gasteiger partial charge on any atom is -0.506 e. The summed E-state index contributed by atoms with van der Waals surface area (Å²) >= 11 is 11.7. The van der Waals surface area contributed by atoms with Gasteiger partial charge in [0.05, 0.1) is 17.8 Å². The van der Waals surface area contributed by atoms with E-state index in [4.69, 9.17) is 27.9 Å². The number of carbonyl (C=O) groups excluding carboxylic acids is 1. The Hall–Kier alpha value is -2.24. The van der Waals surface area contributed by atoms with Gasteiger partial charge in [-0.25, -0.2) is 5.43 Å². The SMILES string of the molecule is CCOc1cccc(C(=O)NN=Cc2cc(Cl)cc(Cl)c2O)c1. The van der Waals surface area contributed by atoms with Crippen LogP contribution in [-0.2, 0) is 0 Å². The third kappa shape index (κ3) is 4.61. The van der Waals surface area contributed by atoms with E-state index in [9.17, 15) is 9.90 Å². The molecule has 2 rings (SSSR count). The predicted molar refractivity (Wildman–Crippen MR) is 90.8 cm³/mol. The maximum absolute atomic E-state index is 12.0. The summed E-state index contributed by atoms with van der Waals surface area (Å²) in [6, 6.07) is 9.62. The standard InChI is InChI=1S/C16H14Cl2N2O3/c1-2-23-13-5-3-4-10(7-13)16(22)20-19-9-11-6-12(17)8-14(18)15(11)21/h3-9,21H,2H2,1H3,(H,20,22). The quantitative estimate of drug-likeness (QED) is 0.633. The lowest BCUT2D eigenvalue weighted by atomic mass is 10.2. The lowest BCUT2D eigenvalue weighted by Crippen LogP contribution is -2.17. The van der Waals surface area contributed by atoms with Gasteiger partial charge in [-0.3, -0.25) is 4.79 Å². The van der Waals surface area contributed by atoms with Crippen LogP contribution < -0.4 is 10.2 Å². The van der Waals surface area contributed by atoms with Gasteiger partial charge in [0.2, 0.25) is 0 Å². The number of amides is 1. The van der Waals surface area contributed by atoms with Crippen molar-refractivity contribution in [2.45, 2.75) is 6.92 Å². The molecule has 0 bridgehead atoms. The fourth-order valence-corrected chi connectivity index (χ4v) is 2.31. The number of rotatable bonds is 5.